The normalized spacial score (nSPS) is 10.8. The summed E-state index contributed by atoms with van der Waals surface area (Å²) in [5.74, 6) is 0.521. The molecule has 2 aromatic rings. The molecule has 0 atom stereocenters. The van der Waals surface area contributed by atoms with Gasteiger partial charge in [-0.2, -0.15) is 0 Å². The third-order valence-electron chi connectivity index (χ3n) is 2.47. The first kappa shape index (κ1) is 10.7. The third-order valence-corrected chi connectivity index (χ3v) is 3.69. The lowest BCUT2D eigenvalue weighted by Crippen LogP contribution is -2.01. The monoisotopic (exact) mass is 240 g/mol. The molecule has 0 N–H and O–H groups in total. The van der Waals surface area contributed by atoms with Gasteiger partial charge in [-0.25, -0.2) is 4.98 Å². The molecule has 0 aliphatic rings. The minimum atomic E-state index is 0.521. The Bertz CT molecular complexity index is 393. The smallest absolute Gasteiger partial charge is 0.0951 e. The number of hydrogen-bond donors (Lipinski definition) is 0. The molecule has 0 radical (unpaired) electrons. The van der Waals surface area contributed by atoms with Crippen LogP contribution in [0.5, 0.6) is 0 Å². The second-order valence-corrected chi connectivity index (χ2v) is 4.64. The topological polar surface area (TPSA) is 17.8 Å². The molecule has 15 heavy (non-hydrogen) atoms. The molecule has 0 aliphatic heterocycles. The molecule has 2 heterocycles. The van der Waals surface area contributed by atoms with Crippen LogP contribution in [-0.2, 0) is 18.8 Å². The number of rotatable bonds is 4. The minimum absolute atomic E-state index is 0.521. The first-order chi connectivity index (χ1) is 7.35. The van der Waals surface area contributed by atoms with Crippen molar-refractivity contribution in [2.24, 2.45) is 0 Å². The Hall–Kier alpha value is -0.800. The van der Waals surface area contributed by atoms with Crippen molar-refractivity contribution in [1.82, 2.24) is 9.55 Å². The molecule has 0 amide bonds. The number of nitrogens with zero attached hydrogens (tertiary/aromatic N) is 2. The molecule has 2 nitrogen and oxygen atoms in total. The van der Waals surface area contributed by atoms with Gasteiger partial charge in [-0.1, -0.05) is 6.92 Å². The van der Waals surface area contributed by atoms with E-state index in [1.165, 1.54) is 10.4 Å². The molecule has 4 heteroatoms. The van der Waals surface area contributed by atoms with E-state index in [0.29, 0.717) is 5.88 Å². The van der Waals surface area contributed by atoms with Crippen LogP contribution in [0.15, 0.2) is 24.0 Å². The summed E-state index contributed by atoms with van der Waals surface area (Å²) in [5.41, 5.74) is 2.50. The van der Waals surface area contributed by atoms with Gasteiger partial charge in [0.2, 0.25) is 0 Å². The van der Waals surface area contributed by atoms with Crippen molar-refractivity contribution < 1.29 is 0 Å². The Balaban J connectivity index is 2.21. The van der Waals surface area contributed by atoms with Crippen molar-refractivity contribution in [2.75, 3.05) is 0 Å². The van der Waals surface area contributed by atoms with Gasteiger partial charge in [-0.3, -0.25) is 0 Å². The van der Waals surface area contributed by atoms with E-state index in [-0.39, 0.29) is 0 Å². The van der Waals surface area contributed by atoms with Gasteiger partial charge < -0.3 is 4.57 Å². The SMILES string of the molecule is CCc1ccsc1Cn1cncc1CCl. The first-order valence-corrected chi connectivity index (χ1v) is 6.36. The van der Waals surface area contributed by atoms with Crippen molar-refractivity contribution in [3.8, 4) is 0 Å². The molecule has 2 rings (SSSR count). The van der Waals surface area contributed by atoms with Crippen LogP contribution in [0.2, 0.25) is 0 Å². The van der Waals surface area contributed by atoms with Gasteiger partial charge in [0.05, 0.1) is 24.4 Å². The van der Waals surface area contributed by atoms with Crippen molar-refractivity contribution in [3.05, 3.63) is 40.1 Å². The summed E-state index contributed by atoms with van der Waals surface area (Å²) in [6, 6.07) is 2.19. The highest BCUT2D eigenvalue weighted by Gasteiger charge is 2.06. The van der Waals surface area contributed by atoms with E-state index in [1.807, 2.05) is 12.5 Å². The Labute approximate surface area is 98.5 Å². The number of aryl methyl sites for hydroxylation is 1. The van der Waals surface area contributed by atoms with Gasteiger partial charge in [-0.15, -0.1) is 22.9 Å². The summed E-state index contributed by atoms with van der Waals surface area (Å²) in [7, 11) is 0. The van der Waals surface area contributed by atoms with Crippen LogP contribution in [0.3, 0.4) is 0 Å². The van der Waals surface area contributed by atoms with E-state index >= 15 is 0 Å². The lowest BCUT2D eigenvalue weighted by molar-refractivity contribution is 0.769. The Morgan fingerprint density at radius 1 is 1.53 bits per heavy atom. The van der Waals surface area contributed by atoms with Crippen LogP contribution in [0, 0.1) is 0 Å². The van der Waals surface area contributed by atoms with Crippen LogP contribution >= 0.6 is 22.9 Å². The molecular formula is C11H13ClN2S. The molecule has 0 aromatic carbocycles. The van der Waals surface area contributed by atoms with Crippen LogP contribution in [0.4, 0.5) is 0 Å². The van der Waals surface area contributed by atoms with E-state index in [1.54, 1.807) is 11.3 Å². The maximum Gasteiger partial charge on any atom is 0.0951 e. The van der Waals surface area contributed by atoms with E-state index in [0.717, 1.165) is 18.7 Å². The maximum absolute atomic E-state index is 5.83. The van der Waals surface area contributed by atoms with Gasteiger partial charge in [0.15, 0.2) is 0 Å². The second kappa shape index (κ2) is 4.81. The average Bonchev–Trinajstić information content (AvgIpc) is 2.87. The molecule has 0 fully saturated rings. The van der Waals surface area contributed by atoms with Gasteiger partial charge in [0, 0.05) is 11.1 Å². The molecule has 0 saturated heterocycles. The van der Waals surface area contributed by atoms with Crippen molar-refractivity contribution in [3.63, 3.8) is 0 Å². The summed E-state index contributed by atoms with van der Waals surface area (Å²) in [6.07, 6.45) is 4.76. The molecule has 2 aromatic heterocycles. The van der Waals surface area contributed by atoms with Gasteiger partial charge in [-0.05, 0) is 23.4 Å². The highest BCUT2D eigenvalue weighted by Crippen LogP contribution is 2.19. The van der Waals surface area contributed by atoms with Gasteiger partial charge in [0.1, 0.15) is 0 Å². The summed E-state index contributed by atoms with van der Waals surface area (Å²) >= 11 is 7.63. The van der Waals surface area contributed by atoms with Crippen LogP contribution < -0.4 is 0 Å². The van der Waals surface area contributed by atoms with Crippen molar-refractivity contribution in [1.29, 1.82) is 0 Å². The fraction of sp³-hybridized carbons (Fsp3) is 0.364. The van der Waals surface area contributed by atoms with E-state index in [2.05, 4.69) is 27.9 Å². The fourth-order valence-corrected chi connectivity index (χ4v) is 2.77. The zero-order valence-electron chi connectivity index (χ0n) is 8.61. The number of aromatic nitrogens is 2. The molecule has 80 valence electrons. The van der Waals surface area contributed by atoms with Crippen LogP contribution in [-0.4, -0.2) is 9.55 Å². The Morgan fingerprint density at radius 2 is 2.40 bits per heavy atom. The highest BCUT2D eigenvalue weighted by molar-refractivity contribution is 7.10. The zero-order chi connectivity index (χ0) is 10.7. The largest absolute Gasteiger partial charge is 0.328 e. The summed E-state index contributed by atoms with van der Waals surface area (Å²) in [6.45, 7) is 3.07. The minimum Gasteiger partial charge on any atom is -0.328 e. The summed E-state index contributed by atoms with van der Waals surface area (Å²) < 4.78 is 2.11. The molecule has 0 spiro atoms. The predicted molar refractivity (Wildman–Crippen MR) is 64.6 cm³/mol. The molecule has 0 saturated carbocycles. The second-order valence-electron chi connectivity index (χ2n) is 3.37. The predicted octanol–water partition coefficient (Wildman–Crippen LogP) is 3.29. The van der Waals surface area contributed by atoms with E-state index in [9.17, 15) is 0 Å². The third kappa shape index (κ3) is 2.24. The number of imidazole rings is 1. The van der Waals surface area contributed by atoms with E-state index in [4.69, 9.17) is 11.6 Å². The van der Waals surface area contributed by atoms with Crippen molar-refractivity contribution in [2.45, 2.75) is 25.8 Å². The number of thiophene rings is 1. The fourth-order valence-electron chi connectivity index (χ4n) is 1.58. The standard InChI is InChI=1S/C11H13ClN2S/c1-2-9-3-4-15-11(9)7-14-8-13-6-10(14)5-12/h3-4,6,8H,2,5,7H2,1H3. The molecule has 0 bridgehead atoms. The molecule has 0 aliphatic carbocycles. The van der Waals surface area contributed by atoms with E-state index < -0.39 is 0 Å². The first-order valence-electron chi connectivity index (χ1n) is 4.95. The number of alkyl halides is 1. The molecular weight excluding hydrogens is 228 g/mol. The van der Waals surface area contributed by atoms with Crippen molar-refractivity contribution >= 4 is 22.9 Å². The maximum atomic E-state index is 5.83. The summed E-state index contributed by atoms with van der Waals surface area (Å²) in [4.78, 5) is 5.52. The Morgan fingerprint density at radius 3 is 3.13 bits per heavy atom. The van der Waals surface area contributed by atoms with Crippen LogP contribution in [0.1, 0.15) is 23.1 Å². The lowest BCUT2D eigenvalue weighted by atomic mass is 10.2. The summed E-state index contributed by atoms with van der Waals surface area (Å²) in [5, 5.41) is 2.14. The number of halogens is 1. The quantitative estimate of drug-likeness (QED) is 0.750. The molecule has 0 unspecified atom stereocenters. The lowest BCUT2D eigenvalue weighted by Gasteiger charge is -2.05. The van der Waals surface area contributed by atoms with Gasteiger partial charge in [0.25, 0.3) is 0 Å². The van der Waals surface area contributed by atoms with Gasteiger partial charge >= 0.3 is 0 Å². The highest BCUT2D eigenvalue weighted by atomic mass is 35.5. The Kier molecular flexibility index (Phi) is 3.44. The average molecular weight is 241 g/mol. The number of hydrogen-bond acceptors (Lipinski definition) is 2. The zero-order valence-corrected chi connectivity index (χ0v) is 10.2. The van der Waals surface area contributed by atoms with Crippen LogP contribution in [0.25, 0.3) is 0 Å².